The van der Waals surface area contributed by atoms with Gasteiger partial charge in [0.2, 0.25) is 5.91 Å². The molecule has 5 nitrogen and oxygen atoms in total. The van der Waals surface area contributed by atoms with Crippen LogP contribution in [0.5, 0.6) is 0 Å². The molecule has 0 saturated carbocycles. The number of nitrogen functional groups attached to an aromatic ring is 1. The van der Waals surface area contributed by atoms with Crippen LogP contribution in [0.1, 0.15) is 19.8 Å². The number of piperidine rings is 1. The number of hydrogen-bond acceptors (Lipinski definition) is 4. The minimum absolute atomic E-state index is 0.0977. The molecule has 21 heavy (non-hydrogen) atoms. The summed E-state index contributed by atoms with van der Waals surface area (Å²) in [5.74, 6) is 0.243. The van der Waals surface area contributed by atoms with E-state index < -0.39 is 0 Å². The number of aliphatic hydroxyl groups excluding tert-OH is 1. The van der Waals surface area contributed by atoms with Gasteiger partial charge in [-0.25, -0.2) is 0 Å². The molecule has 4 N–H and O–H groups in total. The highest BCUT2D eigenvalue weighted by molar-refractivity contribution is 6.31. The molecule has 1 aromatic rings. The summed E-state index contributed by atoms with van der Waals surface area (Å²) < 4.78 is 0. The molecule has 0 bridgehead atoms. The molecule has 6 heteroatoms. The number of benzene rings is 1. The van der Waals surface area contributed by atoms with Gasteiger partial charge in [-0.2, -0.15) is 0 Å². The summed E-state index contributed by atoms with van der Waals surface area (Å²) in [5, 5.41) is 12.9. The first-order valence-electron chi connectivity index (χ1n) is 7.21. The van der Waals surface area contributed by atoms with Gasteiger partial charge in [0, 0.05) is 5.02 Å². The van der Waals surface area contributed by atoms with Gasteiger partial charge in [-0.15, -0.1) is 0 Å². The third-order valence-electron chi connectivity index (χ3n) is 3.97. The number of carbonyl (C=O) groups is 1. The molecule has 1 aliphatic rings. The molecule has 0 spiro atoms. The molecule has 0 aliphatic carbocycles. The van der Waals surface area contributed by atoms with Crippen molar-refractivity contribution in [2.45, 2.75) is 25.9 Å². The van der Waals surface area contributed by atoms with Crippen LogP contribution in [0.15, 0.2) is 18.2 Å². The van der Waals surface area contributed by atoms with E-state index in [1.165, 1.54) is 0 Å². The number of carbonyl (C=O) groups excluding carboxylic acids is 1. The van der Waals surface area contributed by atoms with Crippen molar-refractivity contribution >= 4 is 28.9 Å². The summed E-state index contributed by atoms with van der Waals surface area (Å²) in [5.41, 5.74) is 6.86. The second-order valence-electron chi connectivity index (χ2n) is 5.63. The van der Waals surface area contributed by atoms with Gasteiger partial charge < -0.3 is 16.2 Å². The van der Waals surface area contributed by atoms with Crippen molar-refractivity contribution < 1.29 is 9.90 Å². The number of hydrogen-bond donors (Lipinski definition) is 3. The molecule has 0 aromatic heterocycles. The zero-order chi connectivity index (χ0) is 15.4. The van der Waals surface area contributed by atoms with Gasteiger partial charge in [-0.05, 0) is 57.0 Å². The van der Waals surface area contributed by atoms with Crippen LogP contribution < -0.4 is 11.1 Å². The van der Waals surface area contributed by atoms with Crippen molar-refractivity contribution in [3.8, 4) is 0 Å². The summed E-state index contributed by atoms with van der Waals surface area (Å²) in [4.78, 5) is 14.2. The van der Waals surface area contributed by atoms with Gasteiger partial charge >= 0.3 is 0 Å². The van der Waals surface area contributed by atoms with Gasteiger partial charge in [-0.3, -0.25) is 9.69 Å². The van der Waals surface area contributed by atoms with E-state index in [1.807, 2.05) is 6.92 Å². The predicted molar refractivity (Wildman–Crippen MR) is 85.3 cm³/mol. The Morgan fingerprint density at radius 3 is 2.81 bits per heavy atom. The van der Waals surface area contributed by atoms with E-state index in [1.54, 1.807) is 18.2 Å². The fraction of sp³-hybridized carbons (Fsp3) is 0.533. The lowest BCUT2D eigenvalue weighted by Crippen LogP contribution is -2.41. The molecule has 0 radical (unpaired) electrons. The maximum Gasteiger partial charge on any atom is 0.238 e. The Morgan fingerprint density at radius 1 is 1.52 bits per heavy atom. The maximum atomic E-state index is 12.1. The Hall–Kier alpha value is -1.30. The largest absolute Gasteiger partial charge is 0.397 e. The fourth-order valence-corrected chi connectivity index (χ4v) is 2.80. The fourth-order valence-electron chi connectivity index (χ4n) is 2.62. The number of aliphatic hydroxyl groups is 1. The van der Waals surface area contributed by atoms with Gasteiger partial charge in [0.1, 0.15) is 0 Å². The molecule has 1 unspecified atom stereocenters. The van der Waals surface area contributed by atoms with Crippen molar-refractivity contribution in [1.29, 1.82) is 0 Å². The van der Waals surface area contributed by atoms with Crippen molar-refractivity contribution in [3.63, 3.8) is 0 Å². The minimum atomic E-state index is -0.271. The summed E-state index contributed by atoms with van der Waals surface area (Å²) >= 11 is 5.90. The maximum absolute atomic E-state index is 12.1. The first-order valence-corrected chi connectivity index (χ1v) is 7.59. The van der Waals surface area contributed by atoms with E-state index in [0.717, 1.165) is 25.9 Å². The Balaban J connectivity index is 1.84. The topological polar surface area (TPSA) is 78.6 Å². The van der Waals surface area contributed by atoms with Crippen LogP contribution in [-0.2, 0) is 4.79 Å². The molecular formula is C15H22ClN3O2. The van der Waals surface area contributed by atoms with E-state index >= 15 is 0 Å². The number of anilines is 2. The first-order chi connectivity index (χ1) is 9.95. The van der Waals surface area contributed by atoms with Crippen LogP contribution >= 0.6 is 11.6 Å². The molecule has 116 valence electrons. The number of nitrogens with two attached hydrogens (primary N) is 1. The van der Waals surface area contributed by atoms with Gasteiger partial charge in [0.05, 0.1) is 24.0 Å². The first kappa shape index (κ1) is 16.1. The summed E-state index contributed by atoms with van der Waals surface area (Å²) in [7, 11) is 0. The Kier molecular flexibility index (Phi) is 5.45. The van der Waals surface area contributed by atoms with E-state index in [4.69, 9.17) is 17.3 Å². The normalized spacial score (nSPS) is 18.4. The van der Waals surface area contributed by atoms with Crippen molar-refractivity contribution in [3.05, 3.63) is 23.2 Å². The molecule has 1 saturated heterocycles. The van der Waals surface area contributed by atoms with Crippen molar-refractivity contribution in [1.82, 2.24) is 4.90 Å². The number of nitrogens with one attached hydrogen (secondary N) is 1. The summed E-state index contributed by atoms with van der Waals surface area (Å²) in [6, 6.07) is 5.01. The standard InChI is InChI=1S/C15H22ClN3O2/c1-10(20)11-4-6-19(7-5-11)9-15(21)18-14-8-12(16)2-3-13(14)17/h2-3,8,10-11,20H,4-7,9,17H2,1H3,(H,18,21). The smallest absolute Gasteiger partial charge is 0.238 e. The third kappa shape index (κ3) is 4.59. The number of rotatable bonds is 4. The lowest BCUT2D eigenvalue weighted by Gasteiger charge is -2.32. The van der Waals surface area contributed by atoms with Crippen LogP contribution in [0.4, 0.5) is 11.4 Å². The molecule has 1 fully saturated rings. The summed E-state index contributed by atoms with van der Waals surface area (Å²) in [6.07, 6.45) is 1.57. The van der Waals surface area contributed by atoms with Crippen molar-refractivity contribution in [2.24, 2.45) is 5.92 Å². The van der Waals surface area contributed by atoms with Gasteiger partial charge in [0.25, 0.3) is 0 Å². The zero-order valence-corrected chi connectivity index (χ0v) is 12.9. The van der Waals surface area contributed by atoms with Crippen molar-refractivity contribution in [2.75, 3.05) is 30.7 Å². The molecule has 2 rings (SSSR count). The van der Waals surface area contributed by atoms with E-state index in [9.17, 15) is 9.90 Å². The highest BCUT2D eigenvalue weighted by Crippen LogP contribution is 2.23. The van der Waals surface area contributed by atoms with Gasteiger partial charge in [0.15, 0.2) is 0 Å². The Bertz CT molecular complexity index is 500. The van der Waals surface area contributed by atoms with Crippen LogP contribution in [0.25, 0.3) is 0 Å². The lowest BCUT2D eigenvalue weighted by atomic mass is 9.92. The molecule has 1 heterocycles. The third-order valence-corrected chi connectivity index (χ3v) is 4.21. The van der Waals surface area contributed by atoms with E-state index in [-0.39, 0.29) is 12.0 Å². The van der Waals surface area contributed by atoms with E-state index in [2.05, 4.69) is 10.2 Å². The minimum Gasteiger partial charge on any atom is -0.397 e. The molecule has 1 amide bonds. The highest BCUT2D eigenvalue weighted by Gasteiger charge is 2.23. The second-order valence-corrected chi connectivity index (χ2v) is 6.07. The highest BCUT2D eigenvalue weighted by atomic mass is 35.5. The van der Waals surface area contributed by atoms with Crippen LogP contribution in [0.3, 0.4) is 0 Å². The Morgan fingerprint density at radius 2 is 2.19 bits per heavy atom. The lowest BCUT2D eigenvalue weighted by molar-refractivity contribution is -0.117. The average Bonchev–Trinajstić information content (AvgIpc) is 2.43. The van der Waals surface area contributed by atoms with Crippen LogP contribution in [0, 0.1) is 5.92 Å². The molecule has 1 atom stereocenters. The quantitative estimate of drug-likeness (QED) is 0.743. The monoisotopic (exact) mass is 311 g/mol. The van der Waals surface area contributed by atoms with Gasteiger partial charge in [-0.1, -0.05) is 11.6 Å². The molecule has 1 aliphatic heterocycles. The van der Waals surface area contributed by atoms with Crippen LogP contribution in [0.2, 0.25) is 5.02 Å². The van der Waals surface area contributed by atoms with E-state index in [0.29, 0.717) is 28.9 Å². The summed E-state index contributed by atoms with van der Waals surface area (Å²) in [6.45, 7) is 3.81. The number of nitrogens with zero attached hydrogens (tertiary/aromatic N) is 1. The SMILES string of the molecule is CC(O)C1CCN(CC(=O)Nc2cc(Cl)ccc2N)CC1. The zero-order valence-electron chi connectivity index (χ0n) is 12.2. The molecule has 1 aromatic carbocycles. The molecular weight excluding hydrogens is 290 g/mol. The number of amides is 1. The average molecular weight is 312 g/mol. The predicted octanol–water partition coefficient (Wildman–Crippen LogP) is 1.95. The number of likely N-dealkylation sites (tertiary alicyclic amines) is 1. The number of halogens is 1. The Labute approximate surface area is 130 Å². The van der Waals surface area contributed by atoms with Crippen LogP contribution in [-0.4, -0.2) is 41.7 Å². The second kappa shape index (κ2) is 7.11.